The van der Waals surface area contributed by atoms with Crippen molar-refractivity contribution in [2.75, 3.05) is 19.0 Å². The predicted molar refractivity (Wildman–Crippen MR) is 84.1 cm³/mol. The fourth-order valence-electron chi connectivity index (χ4n) is 2.99. The summed E-state index contributed by atoms with van der Waals surface area (Å²) in [6.45, 7) is 6.70. The molecule has 19 heavy (non-hydrogen) atoms. The molecule has 0 saturated heterocycles. The van der Waals surface area contributed by atoms with Crippen LogP contribution in [0, 0.1) is 12.8 Å². The summed E-state index contributed by atoms with van der Waals surface area (Å²) >= 11 is 1.85. The van der Waals surface area contributed by atoms with Crippen LogP contribution >= 0.6 is 11.3 Å². The lowest BCUT2D eigenvalue weighted by Crippen LogP contribution is -2.35. The van der Waals surface area contributed by atoms with Crippen LogP contribution in [0.25, 0.3) is 0 Å². The van der Waals surface area contributed by atoms with Gasteiger partial charge in [-0.1, -0.05) is 19.8 Å². The first-order valence-electron chi connectivity index (χ1n) is 7.40. The Morgan fingerprint density at radius 3 is 2.79 bits per heavy atom. The van der Waals surface area contributed by atoms with Gasteiger partial charge in [-0.15, -0.1) is 11.3 Å². The van der Waals surface area contributed by atoms with E-state index in [2.05, 4.69) is 38.0 Å². The Morgan fingerprint density at radius 1 is 1.42 bits per heavy atom. The molecule has 1 N–H and O–H groups in total. The zero-order valence-electron chi connectivity index (χ0n) is 12.9. The van der Waals surface area contributed by atoms with Crippen LogP contribution in [-0.2, 0) is 0 Å². The Labute approximate surface area is 121 Å². The van der Waals surface area contributed by atoms with Gasteiger partial charge in [0.2, 0.25) is 0 Å². The highest BCUT2D eigenvalue weighted by Crippen LogP contribution is 2.34. The van der Waals surface area contributed by atoms with Gasteiger partial charge in [0.25, 0.3) is 0 Å². The smallest absolute Gasteiger partial charge is 0.185 e. The van der Waals surface area contributed by atoms with E-state index in [-0.39, 0.29) is 0 Å². The lowest BCUT2D eigenvalue weighted by molar-refractivity contribution is 0.336. The van der Waals surface area contributed by atoms with Gasteiger partial charge in [0, 0.05) is 24.0 Å². The standard InChI is InChI=1S/C15H27N3S/c1-10-7-6-8-13(9-10)18(5)15-17-12(3)14(19-15)11(2)16-4/h10-11,13,16H,6-9H2,1-5H3. The summed E-state index contributed by atoms with van der Waals surface area (Å²) in [7, 11) is 4.23. The maximum absolute atomic E-state index is 4.78. The molecule has 1 aromatic rings. The normalized spacial score (nSPS) is 25.3. The van der Waals surface area contributed by atoms with E-state index in [1.165, 1.54) is 41.4 Å². The van der Waals surface area contributed by atoms with Crippen molar-refractivity contribution in [3.63, 3.8) is 0 Å². The van der Waals surface area contributed by atoms with Gasteiger partial charge < -0.3 is 10.2 Å². The van der Waals surface area contributed by atoms with E-state index in [1.807, 2.05) is 18.4 Å². The summed E-state index contributed by atoms with van der Waals surface area (Å²) in [4.78, 5) is 8.57. The summed E-state index contributed by atoms with van der Waals surface area (Å²) in [6.07, 6.45) is 5.38. The first kappa shape index (κ1) is 14.8. The Bertz CT molecular complexity index is 416. The summed E-state index contributed by atoms with van der Waals surface area (Å²) in [5, 5.41) is 4.50. The molecule has 4 heteroatoms. The summed E-state index contributed by atoms with van der Waals surface area (Å²) in [6, 6.07) is 1.07. The van der Waals surface area contributed by atoms with Gasteiger partial charge in [0.15, 0.2) is 5.13 Å². The number of aryl methyl sites for hydroxylation is 1. The van der Waals surface area contributed by atoms with E-state index in [4.69, 9.17) is 4.98 Å². The van der Waals surface area contributed by atoms with Crippen LogP contribution in [0.15, 0.2) is 0 Å². The third-order valence-corrected chi connectivity index (χ3v) is 5.84. The molecular formula is C15H27N3S. The third-order valence-electron chi connectivity index (χ3n) is 4.41. The van der Waals surface area contributed by atoms with Crippen molar-refractivity contribution < 1.29 is 0 Å². The van der Waals surface area contributed by atoms with Gasteiger partial charge in [-0.2, -0.15) is 0 Å². The minimum Gasteiger partial charge on any atom is -0.348 e. The molecule has 1 aromatic heterocycles. The van der Waals surface area contributed by atoms with Crippen LogP contribution in [0.2, 0.25) is 0 Å². The zero-order chi connectivity index (χ0) is 14.0. The second-order valence-electron chi connectivity index (χ2n) is 5.99. The molecule has 1 heterocycles. The van der Waals surface area contributed by atoms with Crippen molar-refractivity contribution in [3.05, 3.63) is 10.6 Å². The van der Waals surface area contributed by atoms with E-state index in [9.17, 15) is 0 Å². The predicted octanol–water partition coefficient (Wildman–Crippen LogP) is 3.75. The first-order valence-corrected chi connectivity index (χ1v) is 8.22. The lowest BCUT2D eigenvalue weighted by Gasteiger charge is -2.34. The van der Waals surface area contributed by atoms with Crippen molar-refractivity contribution in [1.82, 2.24) is 10.3 Å². The van der Waals surface area contributed by atoms with Crippen LogP contribution in [0.3, 0.4) is 0 Å². The minimum atomic E-state index is 0.393. The maximum atomic E-state index is 4.78. The molecule has 1 fully saturated rings. The van der Waals surface area contributed by atoms with E-state index in [0.717, 1.165) is 5.92 Å². The fourth-order valence-corrected chi connectivity index (χ4v) is 4.15. The third kappa shape index (κ3) is 3.29. The molecule has 0 radical (unpaired) electrons. The molecule has 2 rings (SSSR count). The van der Waals surface area contributed by atoms with Crippen molar-refractivity contribution in [1.29, 1.82) is 0 Å². The second kappa shape index (κ2) is 6.23. The summed E-state index contributed by atoms with van der Waals surface area (Å²) < 4.78 is 0. The molecule has 0 spiro atoms. The van der Waals surface area contributed by atoms with E-state index >= 15 is 0 Å². The highest BCUT2D eigenvalue weighted by atomic mass is 32.1. The zero-order valence-corrected chi connectivity index (χ0v) is 13.7. The van der Waals surface area contributed by atoms with E-state index < -0.39 is 0 Å². The number of thiazole rings is 1. The van der Waals surface area contributed by atoms with Gasteiger partial charge in [-0.3, -0.25) is 0 Å². The Hall–Kier alpha value is -0.610. The van der Waals surface area contributed by atoms with Crippen LogP contribution in [0.4, 0.5) is 5.13 Å². The van der Waals surface area contributed by atoms with Crippen LogP contribution < -0.4 is 10.2 Å². The summed E-state index contributed by atoms with van der Waals surface area (Å²) in [5.41, 5.74) is 1.18. The highest BCUT2D eigenvalue weighted by Gasteiger charge is 2.25. The average Bonchev–Trinajstić information content (AvgIpc) is 2.79. The van der Waals surface area contributed by atoms with Gasteiger partial charge in [0.05, 0.1) is 5.69 Å². The number of nitrogens with one attached hydrogen (secondary N) is 1. The Kier molecular flexibility index (Phi) is 4.85. The van der Waals surface area contributed by atoms with Gasteiger partial charge in [-0.05, 0) is 39.7 Å². The molecule has 3 nitrogen and oxygen atoms in total. The number of nitrogens with zero attached hydrogens (tertiary/aromatic N) is 2. The SMILES string of the molecule is CNC(C)c1sc(N(C)C2CCCC(C)C2)nc1C. The van der Waals surface area contributed by atoms with E-state index in [1.54, 1.807) is 0 Å². The number of hydrogen-bond donors (Lipinski definition) is 1. The van der Waals surface area contributed by atoms with Crippen molar-refractivity contribution in [3.8, 4) is 0 Å². The lowest BCUT2D eigenvalue weighted by atomic mass is 9.86. The monoisotopic (exact) mass is 281 g/mol. The molecule has 3 atom stereocenters. The fraction of sp³-hybridized carbons (Fsp3) is 0.800. The molecular weight excluding hydrogens is 254 g/mol. The van der Waals surface area contributed by atoms with Crippen molar-refractivity contribution >= 4 is 16.5 Å². The van der Waals surface area contributed by atoms with Crippen LogP contribution in [0.5, 0.6) is 0 Å². The molecule has 1 aliphatic carbocycles. The minimum absolute atomic E-state index is 0.393. The van der Waals surface area contributed by atoms with Gasteiger partial charge >= 0.3 is 0 Å². The Balaban J connectivity index is 2.12. The molecule has 108 valence electrons. The largest absolute Gasteiger partial charge is 0.348 e. The van der Waals surface area contributed by atoms with Crippen LogP contribution in [0.1, 0.15) is 56.1 Å². The highest BCUT2D eigenvalue weighted by molar-refractivity contribution is 7.15. The number of aromatic nitrogens is 1. The Morgan fingerprint density at radius 2 is 2.16 bits per heavy atom. The maximum Gasteiger partial charge on any atom is 0.185 e. The molecule has 0 amide bonds. The quantitative estimate of drug-likeness (QED) is 0.911. The summed E-state index contributed by atoms with van der Waals surface area (Å²) in [5.74, 6) is 0.859. The van der Waals surface area contributed by atoms with Crippen LogP contribution in [-0.4, -0.2) is 25.1 Å². The molecule has 0 aliphatic heterocycles. The van der Waals surface area contributed by atoms with Gasteiger partial charge in [0.1, 0.15) is 0 Å². The van der Waals surface area contributed by atoms with Crippen molar-refractivity contribution in [2.24, 2.45) is 5.92 Å². The van der Waals surface area contributed by atoms with Crippen molar-refractivity contribution in [2.45, 2.75) is 58.5 Å². The molecule has 1 saturated carbocycles. The topological polar surface area (TPSA) is 28.2 Å². The number of anilines is 1. The second-order valence-corrected chi connectivity index (χ2v) is 7.00. The molecule has 1 aliphatic rings. The van der Waals surface area contributed by atoms with E-state index in [0.29, 0.717) is 12.1 Å². The molecule has 3 unspecified atom stereocenters. The van der Waals surface area contributed by atoms with Gasteiger partial charge in [-0.25, -0.2) is 4.98 Å². The average molecular weight is 281 g/mol. The first-order chi connectivity index (χ1) is 9.02. The number of rotatable bonds is 4. The number of hydrogen-bond acceptors (Lipinski definition) is 4. The molecule has 0 aromatic carbocycles. The molecule has 0 bridgehead atoms.